The van der Waals surface area contributed by atoms with Gasteiger partial charge in [-0.2, -0.15) is 0 Å². The van der Waals surface area contributed by atoms with Gasteiger partial charge >= 0.3 is 8.80 Å². The Balaban J connectivity index is 3.29. The molecule has 37 heavy (non-hydrogen) atoms. The van der Waals surface area contributed by atoms with Gasteiger partial charge in [-0.1, -0.05) is 164 Å². The maximum absolute atomic E-state index is 5.96. The third-order valence-electron chi connectivity index (χ3n) is 7.46. The molecule has 0 aromatic carbocycles. The molecule has 0 aromatic heterocycles. The van der Waals surface area contributed by atoms with Gasteiger partial charge in [0, 0.05) is 25.9 Å². The molecule has 0 atom stereocenters. The molecular formula is C32H67IO3Si. The van der Waals surface area contributed by atoms with Crippen LogP contribution in [0.5, 0.6) is 0 Å². The third-order valence-corrected chi connectivity index (χ3v) is 11.4. The number of unbranched alkanes of at least 4 members (excludes halogenated alkanes) is 23. The van der Waals surface area contributed by atoms with Gasteiger partial charge in [-0.05, 0) is 38.0 Å². The molecular weight excluding hydrogens is 587 g/mol. The van der Waals surface area contributed by atoms with Crippen LogP contribution in [0.3, 0.4) is 0 Å². The van der Waals surface area contributed by atoms with Gasteiger partial charge in [-0.3, -0.25) is 0 Å². The van der Waals surface area contributed by atoms with Crippen molar-refractivity contribution in [1.29, 1.82) is 0 Å². The lowest BCUT2D eigenvalue weighted by Crippen LogP contribution is -2.45. The van der Waals surface area contributed by atoms with Crippen LogP contribution in [0.1, 0.15) is 175 Å². The molecule has 0 saturated carbocycles. The summed E-state index contributed by atoms with van der Waals surface area (Å²) in [6.45, 7) is 8.18. The largest absolute Gasteiger partial charge is 0.500 e. The zero-order valence-corrected chi connectivity index (χ0v) is 28.8. The second-order valence-corrected chi connectivity index (χ2v) is 14.7. The van der Waals surface area contributed by atoms with E-state index in [0.29, 0.717) is 19.8 Å². The molecule has 0 N–H and O–H groups in total. The predicted molar refractivity (Wildman–Crippen MR) is 175 cm³/mol. The summed E-state index contributed by atoms with van der Waals surface area (Å²) in [5.74, 6) is 0. The van der Waals surface area contributed by atoms with Gasteiger partial charge in [0.05, 0.1) is 0 Å². The van der Waals surface area contributed by atoms with Crippen LogP contribution in [-0.2, 0) is 13.3 Å². The van der Waals surface area contributed by atoms with Gasteiger partial charge in [0.25, 0.3) is 0 Å². The molecule has 0 unspecified atom stereocenters. The van der Waals surface area contributed by atoms with Gasteiger partial charge in [0.2, 0.25) is 0 Å². The molecule has 0 heterocycles. The Kier molecular flexibility index (Phi) is 32.1. The van der Waals surface area contributed by atoms with E-state index in [4.69, 9.17) is 13.3 Å². The Hall–Kier alpha value is 0.827. The highest BCUT2D eigenvalue weighted by molar-refractivity contribution is 14.1. The quantitative estimate of drug-likeness (QED) is 0.0313. The molecule has 0 amide bonds. The topological polar surface area (TPSA) is 27.7 Å². The van der Waals surface area contributed by atoms with Gasteiger partial charge in [0.15, 0.2) is 0 Å². The molecule has 0 aliphatic carbocycles. The molecule has 0 bridgehead atoms. The summed E-state index contributed by atoms with van der Waals surface area (Å²) < 4.78 is 19.2. The molecule has 0 spiro atoms. The second kappa shape index (κ2) is 31.4. The molecule has 0 saturated heterocycles. The minimum absolute atomic E-state index is 0.686. The number of alkyl halides is 1. The molecule has 224 valence electrons. The number of hydrogen-bond donors (Lipinski definition) is 0. The van der Waals surface area contributed by atoms with Crippen LogP contribution >= 0.6 is 22.6 Å². The van der Waals surface area contributed by atoms with Crippen molar-refractivity contribution in [3.05, 3.63) is 0 Å². The lowest BCUT2D eigenvalue weighted by atomic mass is 10.0. The fourth-order valence-corrected chi connectivity index (χ4v) is 8.55. The van der Waals surface area contributed by atoms with Crippen molar-refractivity contribution in [2.45, 2.75) is 181 Å². The predicted octanol–water partition coefficient (Wildman–Crippen LogP) is 11.8. The summed E-state index contributed by atoms with van der Waals surface area (Å²) >= 11 is 2.50. The molecule has 0 aromatic rings. The minimum atomic E-state index is -2.42. The van der Waals surface area contributed by atoms with Crippen molar-refractivity contribution in [3.8, 4) is 0 Å². The Morgan fingerprint density at radius 1 is 0.351 bits per heavy atom. The fourth-order valence-electron chi connectivity index (χ4n) is 5.33. The fraction of sp³-hybridized carbons (Fsp3) is 1.00. The number of rotatable bonds is 32. The Morgan fingerprint density at radius 2 is 0.568 bits per heavy atom. The molecule has 0 aliphatic rings. The van der Waals surface area contributed by atoms with Gasteiger partial charge in [-0.25, -0.2) is 0 Å². The standard InChI is InChI=1S/C32H67IO3Si/c1-4-34-37(35-5-2,36-6-3)32-30-28-26-24-22-20-18-16-14-12-10-8-7-9-11-13-15-17-19-21-23-25-27-29-31-33/h4-32H2,1-3H3. The first-order chi connectivity index (χ1) is 18.2. The first-order valence-corrected chi connectivity index (χ1v) is 20.2. The van der Waals surface area contributed by atoms with Crippen LogP contribution in [0.15, 0.2) is 0 Å². The van der Waals surface area contributed by atoms with E-state index in [0.717, 1.165) is 6.04 Å². The van der Waals surface area contributed by atoms with Crippen molar-refractivity contribution in [1.82, 2.24) is 0 Å². The lowest BCUT2D eigenvalue weighted by Gasteiger charge is -2.28. The van der Waals surface area contributed by atoms with Crippen LogP contribution in [0, 0.1) is 0 Å². The SMILES string of the molecule is CCO[Si](CCCCCCCCCCCCCCCCCCCCCCCCCCI)(OCC)OCC. The zero-order valence-electron chi connectivity index (χ0n) is 25.6. The summed E-state index contributed by atoms with van der Waals surface area (Å²) in [5, 5.41) is 0. The average Bonchev–Trinajstić information content (AvgIpc) is 2.89. The van der Waals surface area contributed by atoms with Crippen molar-refractivity contribution in [2.24, 2.45) is 0 Å². The van der Waals surface area contributed by atoms with Crippen molar-refractivity contribution < 1.29 is 13.3 Å². The van der Waals surface area contributed by atoms with Crippen molar-refractivity contribution in [3.63, 3.8) is 0 Å². The van der Waals surface area contributed by atoms with Gasteiger partial charge in [0.1, 0.15) is 0 Å². The Morgan fingerprint density at radius 3 is 0.784 bits per heavy atom. The highest BCUT2D eigenvalue weighted by atomic mass is 127. The monoisotopic (exact) mass is 654 g/mol. The highest BCUT2D eigenvalue weighted by Gasteiger charge is 2.39. The number of halogens is 1. The zero-order chi connectivity index (χ0) is 27.1. The van der Waals surface area contributed by atoms with Gasteiger partial charge < -0.3 is 13.3 Å². The van der Waals surface area contributed by atoms with E-state index >= 15 is 0 Å². The van der Waals surface area contributed by atoms with E-state index in [1.54, 1.807) is 0 Å². The third kappa shape index (κ3) is 26.8. The molecule has 0 aliphatic heterocycles. The van der Waals surface area contributed by atoms with E-state index < -0.39 is 8.80 Å². The maximum atomic E-state index is 5.96. The van der Waals surface area contributed by atoms with Crippen LogP contribution in [0.2, 0.25) is 6.04 Å². The van der Waals surface area contributed by atoms with Crippen LogP contribution in [-0.4, -0.2) is 33.1 Å². The summed E-state index contributed by atoms with van der Waals surface area (Å²) in [4.78, 5) is 0. The first kappa shape index (κ1) is 37.8. The molecule has 0 rings (SSSR count). The lowest BCUT2D eigenvalue weighted by molar-refractivity contribution is 0.0706. The summed E-state index contributed by atoms with van der Waals surface area (Å²) in [5.41, 5.74) is 0. The van der Waals surface area contributed by atoms with E-state index in [-0.39, 0.29) is 0 Å². The van der Waals surface area contributed by atoms with Crippen LogP contribution in [0.25, 0.3) is 0 Å². The van der Waals surface area contributed by atoms with Crippen molar-refractivity contribution >= 4 is 31.4 Å². The number of hydrogen-bond acceptors (Lipinski definition) is 3. The van der Waals surface area contributed by atoms with E-state index in [2.05, 4.69) is 22.6 Å². The Bertz CT molecular complexity index is 408. The molecule has 5 heteroatoms. The van der Waals surface area contributed by atoms with Gasteiger partial charge in [-0.15, -0.1) is 0 Å². The molecule has 3 nitrogen and oxygen atoms in total. The summed E-state index contributed by atoms with van der Waals surface area (Å²) in [6.07, 6.45) is 34.4. The van der Waals surface area contributed by atoms with E-state index in [1.807, 2.05) is 20.8 Å². The van der Waals surface area contributed by atoms with Crippen molar-refractivity contribution in [2.75, 3.05) is 24.2 Å². The normalized spacial score (nSPS) is 12.0. The molecule has 0 fully saturated rings. The average molecular weight is 655 g/mol. The Labute approximate surface area is 248 Å². The first-order valence-electron chi connectivity index (χ1n) is 16.7. The molecule has 0 radical (unpaired) electrons. The second-order valence-electron chi connectivity index (χ2n) is 10.9. The summed E-state index contributed by atoms with van der Waals surface area (Å²) in [6, 6.07) is 0.974. The minimum Gasteiger partial charge on any atom is -0.374 e. The maximum Gasteiger partial charge on any atom is 0.500 e. The van der Waals surface area contributed by atoms with Crippen LogP contribution < -0.4 is 0 Å². The van der Waals surface area contributed by atoms with Crippen LogP contribution in [0.4, 0.5) is 0 Å². The van der Waals surface area contributed by atoms with E-state index in [1.165, 1.54) is 159 Å². The smallest absolute Gasteiger partial charge is 0.374 e. The summed E-state index contributed by atoms with van der Waals surface area (Å²) in [7, 11) is -2.42. The highest BCUT2D eigenvalue weighted by Crippen LogP contribution is 2.21. The van der Waals surface area contributed by atoms with E-state index in [9.17, 15) is 0 Å².